The Morgan fingerprint density at radius 1 is 1.29 bits per heavy atom. The predicted molar refractivity (Wildman–Crippen MR) is 60.3 cm³/mol. The third-order valence-corrected chi connectivity index (χ3v) is 3.08. The van der Waals surface area contributed by atoms with Gasteiger partial charge in [0, 0.05) is 25.5 Å². The van der Waals surface area contributed by atoms with Crippen LogP contribution in [0.2, 0.25) is 0 Å². The molecule has 2 rings (SSSR count). The second-order valence-electron chi connectivity index (χ2n) is 3.87. The summed E-state index contributed by atoms with van der Waals surface area (Å²) < 4.78 is 0.937. The van der Waals surface area contributed by atoms with Crippen molar-refractivity contribution in [3.8, 4) is 0 Å². The zero-order valence-corrected chi connectivity index (χ0v) is 9.87. The van der Waals surface area contributed by atoms with E-state index in [1.807, 2.05) is 0 Å². The van der Waals surface area contributed by atoms with Crippen LogP contribution in [0.4, 0.5) is 5.95 Å². The molecule has 0 saturated carbocycles. The van der Waals surface area contributed by atoms with Gasteiger partial charge in [-0.15, -0.1) is 0 Å². The molecule has 3 nitrogen and oxygen atoms in total. The summed E-state index contributed by atoms with van der Waals surface area (Å²) in [5.74, 6) is 1.71. The zero-order valence-electron chi connectivity index (χ0n) is 8.28. The standard InChI is InChI=1S/C10H14BrN3/c1-8-2-4-14(5-3-8)10-12-6-9(11)7-13-10/h6-8H,2-5H2,1H3. The lowest BCUT2D eigenvalue weighted by Gasteiger charge is -2.30. The highest BCUT2D eigenvalue weighted by atomic mass is 79.9. The van der Waals surface area contributed by atoms with Gasteiger partial charge in [-0.1, -0.05) is 6.92 Å². The summed E-state index contributed by atoms with van der Waals surface area (Å²) in [6.45, 7) is 4.48. The summed E-state index contributed by atoms with van der Waals surface area (Å²) in [6, 6.07) is 0. The van der Waals surface area contributed by atoms with Gasteiger partial charge in [-0.2, -0.15) is 0 Å². The molecule has 0 bridgehead atoms. The van der Waals surface area contributed by atoms with Crippen LogP contribution < -0.4 is 4.90 Å². The summed E-state index contributed by atoms with van der Waals surface area (Å²) in [5.41, 5.74) is 0. The average Bonchev–Trinajstić information content (AvgIpc) is 2.21. The van der Waals surface area contributed by atoms with Crippen molar-refractivity contribution < 1.29 is 0 Å². The van der Waals surface area contributed by atoms with E-state index in [2.05, 4.69) is 37.7 Å². The highest BCUT2D eigenvalue weighted by Gasteiger charge is 2.17. The summed E-state index contributed by atoms with van der Waals surface area (Å²) in [7, 11) is 0. The molecule has 0 aliphatic carbocycles. The van der Waals surface area contributed by atoms with Gasteiger partial charge in [0.05, 0.1) is 4.47 Å². The Labute approximate surface area is 92.7 Å². The summed E-state index contributed by atoms with van der Waals surface area (Å²) in [5, 5.41) is 0. The third-order valence-electron chi connectivity index (χ3n) is 2.67. The van der Waals surface area contributed by atoms with Gasteiger partial charge in [-0.25, -0.2) is 9.97 Å². The van der Waals surface area contributed by atoms with E-state index in [1.54, 1.807) is 12.4 Å². The maximum Gasteiger partial charge on any atom is 0.225 e. The molecule has 0 atom stereocenters. The van der Waals surface area contributed by atoms with Crippen LogP contribution in [0.5, 0.6) is 0 Å². The van der Waals surface area contributed by atoms with E-state index in [-0.39, 0.29) is 0 Å². The molecule has 0 spiro atoms. The Bertz CT molecular complexity index is 291. The highest BCUT2D eigenvalue weighted by Crippen LogP contribution is 2.20. The molecule has 0 aromatic carbocycles. The molecular weight excluding hydrogens is 242 g/mol. The third kappa shape index (κ3) is 2.23. The van der Waals surface area contributed by atoms with Crippen LogP contribution >= 0.6 is 15.9 Å². The van der Waals surface area contributed by atoms with Gasteiger partial charge < -0.3 is 4.90 Å². The monoisotopic (exact) mass is 255 g/mol. The molecule has 14 heavy (non-hydrogen) atoms. The van der Waals surface area contributed by atoms with E-state index in [0.717, 1.165) is 29.4 Å². The van der Waals surface area contributed by atoms with Crippen molar-refractivity contribution in [1.29, 1.82) is 0 Å². The lowest BCUT2D eigenvalue weighted by molar-refractivity contribution is 0.434. The smallest absolute Gasteiger partial charge is 0.225 e. The van der Waals surface area contributed by atoms with Gasteiger partial charge in [0.15, 0.2) is 0 Å². The molecular formula is C10H14BrN3. The Balaban J connectivity index is 2.05. The number of anilines is 1. The fraction of sp³-hybridized carbons (Fsp3) is 0.600. The molecule has 1 aromatic rings. The topological polar surface area (TPSA) is 29.0 Å². The van der Waals surface area contributed by atoms with Crippen LogP contribution in [-0.2, 0) is 0 Å². The molecule has 0 unspecified atom stereocenters. The molecule has 0 N–H and O–H groups in total. The Hall–Kier alpha value is -0.640. The van der Waals surface area contributed by atoms with Crippen molar-refractivity contribution in [2.75, 3.05) is 18.0 Å². The fourth-order valence-electron chi connectivity index (χ4n) is 1.68. The van der Waals surface area contributed by atoms with Gasteiger partial charge in [0.2, 0.25) is 5.95 Å². The highest BCUT2D eigenvalue weighted by molar-refractivity contribution is 9.10. The molecule has 4 heteroatoms. The average molecular weight is 256 g/mol. The van der Waals surface area contributed by atoms with E-state index in [9.17, 15) is 0 Å². The Morgan fingerprint density at radius 2 is 1.86 bits per heavy atom. The van der Waals surface area contributed by atoms with Crippen LogP contribution in [-0.4, -0.2) is 23.1 Å². The van der Waals surface area contributed by atoms with Gasteiger partial charge in [-0.05, 0) is 34.7 Å². The van der Waals surface area contributed by atoms with Crippen molar-refractivity contribution >= 4 is 21.9 Å². The number of halogens is 1. The summed E-state index contributed by atoms with van der Waals surface area (Å²) in [4.78, 5) is 10.8. The second-order valence-corrected chi connectivity index (χ2v) is 4.79. The van der Waals surface area contributed by atoms with Gasteiger partial charge in [-0.3, -0.25) is 0 Å². The Morgan fingerprint density at radius 3 is 2.43 bits per heavy atom. The number of rotatable bonds is 1. The minimum absolute atomic E-state index is 0.849. The lowest BCUT2D eigenvalue weighted by Crippen LogP contribution is -2.33. The van der Waals surface area contributed by atoms with E-state index >= 15 is 0 Å². The first kappa shape index (κ1) is 9.90. The zero-order chi connectivity index (χ0) is 9.97. The number of hydrogen-bond donors (Lipinski definition) is 0. The lowest BCUT2D eigenvalue weighted by atomic mass is 10.00. The first-order valence-electron chi connectivity index (χ1n) is 4.98. The van der Waals surface area contributed by atoms with E-state index < -0.39 is 0 Å². The van der Waals surface area contributed by atoms with Gasteiger partial charge in [0.25, 0.3) is 0 Å². The molecule has 1 fully saturated rings. The van der Waals surface area contributed by atoms with E-state index in [0.29, 0.717) is 0 Å². The van der Waals surface area contributed by atoms with E-state index in [4.69, 9.17) is 0 Å². The minimum atomic E-state index is 0.849. The van der Waals surface area contributed by atoms with Crippen molar-refractivity contribution in [3.63, 3.8) is 0 Å². The molecule has 0 radical (unpaired) electrons. The van der Waals surface area contributed by atoms with Crippen molar-refractivity contribution in [3.05, 3.63) is 16.9 Å². The first-order valence-corrected chi connectivity index (χ1v) is 5.77. The number of nitrogens with zero attached hydrogens (tertiary/aromatic N) is 3. The normalized spacial score (nSPS) is 18.6. The van der Waals surface area contributed by atoms with Crippen LogP contribution in [0.3, 0.4) is 0 Å². The number of hydrogen-bond acceptors (Lipinski definition) is 3. The predicted octanol–water partition coefficient (Wildman–Crippen LogP) is 2.48. The van der Waals surface area contributed by atoms with E-state index in [1.165, 1.54) is 12.8 Å². The fourth-order valence-corrected chi connectivity index (χ4v) is 1.88. The summed E-state index contributed by atoms with van der Waals surface area (Å²) >= 11 is 3.34. The first-order chi connectivity index (χ1) is 6.75. The Kier molecular flexibility index (Phi) is 3.01. The molecule has 0 amide bonds. The van der Waals surface area contributed by atoms with Gasteiger partial charge >= 0.3 is 0 Å². The van der Waals surface area contributed by atoms with Crippen LogP contribution in [0.25, 0.3) is 0 Å². The molecule has 1 aliphatic heterocycles. The summed E-state index contributed by atoms with van der Waals surface area (Å²) in [6.07, 6.45) is 6.11. The quantitative estimate of drug-likeness (QED) is 0.772. The number of aromatic nitrogens is 2. The van der Waals surface area contributed by atoms with Crippen LogP contribution in [0, 0.1) is 5.92 Å². The minimum Gasteiger partial charge on any atom is -0.341 e. The molecule has 76 valence electrons. The molecule has 1 aromatic heterocycles. The maximum absolute atomic E-state index is 4.29. The second kappa shape index (κ2) is 4.26. The molecule has 1 aliphatic rings. The van der Waals surface area contributed by atoms with Crippen molar-refractivity contribution in [2.45, 2.75) is 19.8 Å². The van der Waals surface area contributed by atoms with Crippen molar-refractivity contribution in [1.82, 2.24) is 9.97 Å². The molecule has 2 heterocycles. The largest absolute Gasteiger partial charge is 0.341 e. The molecule has 1 saturated heterocycles. The van der Waals surface area contributed by atoms with Crippen molar-refractivity contribution in [2.24, 2.45) is 5.92 Å². The van der Waals surface area contributed by atoms with Crippen LogP contribution in [0.15, 0.2) is 16.9 Å². The maximum atomic E-state index is 4.29. The van der Waals surface area contributed by atoms with Crippen LogP contribution in [0.1, 0.15) is 19.8 Å². The van der Waals surface area contributed by atoms with Gasteiger partial charge in [0.1, 0.15) is 0 Å². The SMILES string of the molecule is CC1CCN(c2ncc(Br)cn2)CC1. The number of piperidine rings is 1.